The van der Waals surface area contributed by atoms with Crippen LogP contribution in [0.4, 0.5) is 10.1 Å². The predicted octanol–water partition coefficient (Wildman–Crippen LogP) is 6.31. The van der Waals surface area contributed by atoms with Gasteiger partial charge in [0.25, 0.3) is 0 Å². The molecule has 0 saturated carbocycles. The summed E-state index contributed by atoms with van der Waals surface area (Å²) in [6.07, 6.45) is 3.63. The molecular formula is C30H35Cl3FN5O2. The number of carbonyl (C=O) groups is 1. The molecule has 1 fully saturated rings. The van der Waals surface area contributed by atoms with E-state index in [-0.39, 0.29) is 48.5 Å². The molecule has 0 aliphatic carbocycles. The van der Waals surface area contributed by atoms with Gasteiger partial charge in [-0.2, -0.15) is 0 Å². The normalized spacial score (nSPS) is 14.0. The number of aromatic amines is 1. The van der Waals surface area contributed by atoms with Gasteiger partial charge in [0.1, 0.15) is 17.2 Å². The van der Waals surface area contributed by atoms with Crippen LogP contribution in [0.1, 0.15) is 25.3 Å². The molecule has 1 aliphatic rings. The molecule has 1 saturated heterocycles. The standard InChI is InChI=1S/C30H33ClFN5O2.2ClH/c1-19(2)34-18-27(20-4-6-22(31)7-5-20)30(38)37-12-10-36(11-13-37)28-25-8-9-33-29(25)35-17-26(28)21-14-23(32)16-24(15-21)39-3;;/h4-9,14-17,19,27,34H,10-13,18H2,1-3H3,(H,33,35);2*1H. The Bertz CT molecular complexity index is 1460. The van der Waals surface area contributed by atoms with E-state index in [4.69, 9.17) is 16.3 Å². The fraction of sp³-hybridized carbons (Fsp3) is 0.333. The van der Waals surface area contributed by atoms with Gasteiger partial charge in [0.15, 0.2) is 0 Å². The lowest BCUT2D eigenvalue weighted by Gasteiger charge is -2.38. The predicted molar refractivity (Wildman–Crippen MR) is 169 cm³/mol. The first-order valence-electron chi connectivity index (χ1n) is 13.2. The van der Waals surface area contributed by atoms with Crippen molar-refractivity contribution in [2.45, 2.75) is 25.8 Å². The summed E-state index contributed by atoms with van der Waals surface area (Å²) in [5.74, 6) is -0.127. The highest BCUT2D eigenvalue weighted by molar-refractivity contribution is 6.30. The third-order valence-electron chi connectivity index (χ3n) is 7.18. The van der Waals surface area contributed by atoms with Gasteiger partial charge in [-0.3, -0.25) is 4.79 Å². The number of hydrogen-bond donors (Lipinski definition) is 2. The fourth-order valence-electron chi connectivity index (χ4n) is 5.15. The summed E-state index contributed by atoms with van der Waals surface area (Å²) < 4.78 is 19.8. The molecule has 1 unspecified atom stereocenters. The van der Waals surface area contributed by atoms with Crippen molar-refractivity contribution in [1.82, 2.24) is 20.2 Å². The van der Waals surface area contributed by atoms with Gasteiger partial charge < -0.3 is 24.8 Å². The highest BCUT2D eigenvalue weighted by Crippen LogP contribution is 2.38. The van der Waals surface area contributed by atoms with Crippen LogP contribution in [0.5, 0.6) is 5.75 Å². The minimum atomic E-state index is -0.372. The van der Waals surface area contributed by atoms with Crippen LogP contribution < -0.4 is 15.0 Å². The molecule has 41 heavy (non-hydrogen) atoms. The Morgan fingerprint density at radius 2 is 1.80 bits per heavy atom. The number of pyridine rings is 1. The number of amides is 1. The van der Waals surface area contributed by atoms with E-state index in [9.17, 15) is 9.18 Å². The largest absolute Gasteiger partial charge is 0.497 e. The van der Waals surface area contributed by atoms with E-state index in [2.05, 4.69) is 34.0 Å². The Labute approximate surface area is 257 Å². The fourth-order valence-corrected chi connectivity index (χ4v) is 5.28. The van der Waals surface area contributed by atoms with Crippen molar-refractivity contribution >= 4 is 59.0 Å². The van der Waals surface area contributed by atoms with Crippen LogP contribution in [0, 0.1) is 5.82 Å². The van der Waals surface area contributed by atoms with Crippen molar-refractivity contribution in [2.75, 3.05) is 44.7 Å². The molecule has 11 heteroatoms. The monoisotopic (exact) mass is 621 g/mol. The molecule has 0 radical (unpaired) electrons. The van der Waals surface area contributed by atoms with Crippen LogP contribution in [-0.4, -0.2) is 66.7 Å². The maximum absolute atomic E-state index is 14.4. The molecule has 1 amide bonds. The molecule has 3 heterocycles. The number of H-pyrrole nitrogens is 1. The van der Waals surface area contributed by atoms with Crippen LogP contribution >= 0.6 is 36.4 Å². The molecule has 2 aromatic heterocycles. The number of ether oxygens (including phenoxy) is 1. The van der Waals surface area contributed by atoms with Crippen molar-refractivity contribution in [3.8, 4) is 16.9 Å². The average molecular weight is 623 g/mol. The van der Waals surface area contributed by atoms with Gasteiger partial charge in [0, 0.05) is 73.2 Å². The number of methoxy groups -OCH3 is 1. The second-order valence-corrected chi connectivity index (χ2v) is 10.6. The number of halogens is 4. The van der Waals surface area contributed by atoms with E-state index in [0.29, 0.717) is 49.1 Å². The van der Waals surface area contributed by atoms with Crippen LogP contribution in [0.2, 0.25) is 5.02 Å². The number of carbonyl (C=O) groups excluding carboxylic acids is 1. The summed E-state index contributed by atoms with van der Waals surface area (Å²) >= 11 is 6.11. The maximum atomic E-state index is 14.4. The highest BCUT2D eigenvalue weighted by atomic mass is 35.5. The third-order valence-corrected chi connectivity index (χ3v) is 7.44. The second kappa shape index (κ2) is 14.2. The topological polar surface area (TPSA) is 73.5 Å². The zero-order chi connectivity index (χ0) is 27.5. The smallest absolute Gasteiger partial charge is 0.231 e. The molecule has 220 valence electrons. The summed E-state index contributed by atoms with van der Waals surface area (Å²) in [7, 11) is 1.53. The SMILES string of the molecule is COc1cc(F)cc(-c2cnc3[nH]ccc3c2N2CCN(C(=O)C(CNC(C)C)c3ccc(Cl)cc3)CC2)c1.Cl.Cl. The van der Waals surface area contributed by atoms with Crippen molar-refractivity contribution < 1.29 is 13.9 Å². The average Bonchev–Trinajstić information content (AvgIpc) is 3.42. The summed E-state index contributed by atoms with van der Waals surface area (Å²) in [5.41, 5.74) is 4.19. The van der Waals surface area contributed by atoms with Gasteiger partial charge in [0.2, 0.25) is 5.91 Å². The number of aromatic nitrogens is 2. The first-order valence-corrected chi connectivity index (χ1v) is 13.6. The Hall–Kier alpha value is -3.04. The number of anilines is 1. The molecule has 5 rings (SSSR count). The van der Waals surface area contributed by atoms with Crippen molar-refractivity contribution in [3.63, 3.8) is 0 Å². The zero-order valence-corrected chi connectivity index (χ0v) is 25.6. The van der Waals surface area contributed by atoms with E-state index in [1.54, 1.807) is 6.20 Å². The lowest BCUT2D eigenvalue weighted by molar-refractivity contribution is -0.133. The van der Waals surface area contributed by atoms with Crippen LogP contribution in [0.3, 0.4) is 0 Å². The number of nitrogens with zero attached hydrogens (tertiary/aromatic N) is 3. The molecule has 0 bridgehead atoms. The zero-order valence-electron chi connectivity index (χ0n) is 23.2. The van der Waals surface area contributed by atoms with Crippen molar-refractivity contribution in [3.05, 3.63) is 77.3 Å². The van der Waals surface area contributed by atoms with Gasteiger partial charge in [-0.15, -0.1) is 24.8 Å². The molecule has 0 spiro atoms. The van der Waals surface area contributed by atoms with Crippen LogP contribution in [0.15, 0.2) is 60.9 Å². The van der Waals surface area contributed by atoms with Gasteiger partial charge in [-0.1, -0.05) is 37.6 Å². The number of nitrogens with one attached hydrogen (secondary N) is 2. The Balaban J connectivity index is 0.00000231. The van der Waals surface area contributed by atoms with Gasteiger partial charge >= 0.3 is 0 Å². The van der Waals surface area contributed by atoms with Crippen molar-refractivity contribution in [1.29, 1.82) is 0 Å². The summed E-state index contributed by atoms with van der Waals surface area (Å²) in [6.45, 7) is 7.13. The first-order chi connectivity index (χ1) is 18.8. The molecule has 7 nitrogen and oxygen atoms in total. The Morgan fingerprint density at radius 1 is 1.10 bits per heavy atom. The highest BCUT2D eigenvalue weighted by Gasteiger charge is 2.30. The van der Waals surface area contributed by atoms with E-state index in [1.807, 2.05) is 47.5 Å². The van der Waals surface area contributed by atoms with Crippen molar-refractivity contribution in [2.24, 2.45) is 0 Å². The molecule has 4 aromatic rings. The minimum absolute atomic E-state index is 0. The van der Waals surface area contributed by atoms with E-state index >= 15 is 0 Å². The summed E-state index contributed by atoms with van der Waals surface area (Å²) in [6, 6.07) is 14.5. The minimum Gasteiger partial charge on any atom is -0.497 e. The van der Waals surface area contributed by atoms with Gasteiger partial charge in [-0.05, 0) is 41.5 Å². The second-order valence-electron chi connectivity index (χ2n) is 10.1. The lowest BCUT2D eigenvalue weighted by atomic mass is 9.96. The Morgan fingerprint density at radius 3 is 2.46 bits per heavy atom. The Kier molecular flexibility index (Phi) is 11.3. The molecule has 2 aromatic carbocycles. The summed E-state index contributed by atoms with van der Waals surface area (Å²) in [4.78, 5) is 25.7. The lowest BCUT2D eigenvalue weighted by Crippen LogP contribution is -2.51. The van der Waals surface area contributed by atoms with Crippen LogP contribution in [0.25, 0.3) is 22.2 Å². The third kappa shape index (κ3) is 7.25. The molecule has 2 N–H and O–H groups in total. The summed E-state index contributed by atoms with van der Waals surface area (Å²) in [5, 5.41) is 5.03. The molecule has 1 atom stereocenters. The number of rotatable bonds is 8. The maximum Gasteiger partial charge on any atom is 0.231 e. The van der Waals surface area contributed by atoms with Gasteiger partial charge in [0.05, 0.1) is 18.7 Å². The number of fused-ring (bicyclic) bond motifs is 1. The molecular weight excluding hydrogens is 588 g/mol. The number of piperazine rings is 1. The quantitative estimate of drug-likeness (QED) is 0.241. The number of benzene rings is 2. The molecule has 1 aliphatic heterocycles. The van der Waals surface area contributed by atoms with E-state index in [0.717, 1.165) is 27.8 Å². The van der Waals surface area contributed by atoms with E-state index < -0.39 is 0 Å². The van der Waals surface area contributed by atoms with E-state index in [1.165, 1.54) is 19.2 Å². The van der Waals surface area contributed by atoms with Gasteiger partial charge in [-0.25, -0.2) is 9.37 Å². The van der Waals surface area contributed by atoms with Crippen LogP contribution in [-0.2, 0) is 4.79 Å². The number of hydrogen-bond acceptors (Lipinski definition) is 5. The first kappa shape index (κ1) is 32.5.